The van der Waals surface area contributed by atoms with Crippen LogP contribution in [0.25, 0.3) is 0 Å². The first-order valence-corrected chi connectivity index (χ1v) is 7.00. The standard InChI is InChI=1S/C9H18N2O2S/c12-14(13,11-6-3-7-11)8-9-4-1-2-5-10-9/h9-10H,1-8H2. The lowest BCUT2D eigenvalue weighted by Crippen LogP contribution is -2.48. The second kappa shape index (κ2) is 4.16. The molecule has 2 heterocycles. The molecule has 0 aliphatic carbocycles. The molecule has 1 unspecified atom stereocenters. The van der Waals surface area contributed by atoms with E-state index in [0.29, 0.717) is 5.75 Å². The van der Waals surface area contributed by atoms with Crippen LogP contribution in [0.2, 0.25) is 0 Å². The molecule has 82 valence electrons. The third-order valence-electron chi connectivity index (χ3n) is 3.03. The van der Waals surface area contributed by atoms with E-state index in [9.17, 15) is 8.42 Å². The number of hydrogen-bond acceptors (Lipinski definition) is 3. The van der Waals surface area contributed by atoms with Gasteiger partial charge in [-0.3, -0.25) is 0 Å². The van der Waals surface area contributed by atoms with Crippen LogP contribution >= 0.6 is 0 Å². The smallest absolute Gasteiger partial charge is 0.215 e. The summed E-state index contributed by atoms with van der Waals surface area (Å²) in [6.07, 6.45) is 4.37. The van der Waals surface area contributed by atoms with Gasteiger partial charge < -0.3 is 5.32 Å². The summed E-state index contributed by atoms with van der Waals surface area (Å²) in [6, 6.07) is 0.189. The van der Waals surface area contributed by atoms with Gasteiger partial charge >= 0.3 is 0 Å². The molecule has 2 aliphatic heterocycles. The molecule has 14 heavy (non-hydrogen) atoms. The SMILES string of the molecule is O=S(=O)(CC1CCCCN1)N1CCC1. The van der Waals surface area contributed by atoms with Crippen LogP contribution in [0.3, 0.4) is 0 Å². The second-order valence-corrected chi connectivity index (χ2v) is 6.19. The third-order valence-corrected chi connectivity index (χ3v) is 5.01. The van der Waals surface area contributed by atoms with Gasteiger partial charge in [0.1, 0.15) is 0 Å². The topological polar surface area (TPSA) is 49.4 Å². The highest BCUT2D eigenvalue weighted by Gasteiger charge is 2.30. The first-order valence-electron chi connectivity index (χ1n) is 5.40. The molecular weight excluding hydrogens is 200 g/mol. The zero-order valence-corrected chi connectivity index (χ0v) is 9.22. The van der Waals surface area contributed by atoms with Crippen LogP contribution in [0.5, 0.6) is 0 Å². The Morgan fingerprint density at radius 3 is 2.50 bits per heavy atom. The highest BCUT2D eigenvalue weighted by atomic mass is 32.2. The Balaban J connectivity index is 1.88. The van der Waals surface area contributed by atoms with E-state index in [0.717, 1.165) is 38.9 Å². The van der Waals surface area contributed by atoms with E-state index >= 15 is 0 Å². The number of piperidine rings is 1. The molecule has 1 N–H and O–H groups in total. The number of nitrogens with zero attached hydrogens (tertiary/aromatic N) is 1. The van der Waals surface area contributed by atoms with Gasteiger partial charge in [0.05, 0.1) is 5.75 Å². The van der Waals surface area contributed by atoms with Gasteiger partial charge in [-0.05, 0) is 25.8 Å². The van der Waals surface area contributed by atoms with Crippen LogP contribution in [0.1, 0.15) is 25.7 Å². The quantitative estimate of drug-likeness (QED) is 0.734. The lowest BCUT2D eigenvalue weighted by Gasteiger charge is -2.32. The minimum atomic E-state index is -2.95. The molecule has 4 nitrogen and oxygen atoms in total. The van der Waals surface area contributed by atoms with Gasteiger partial charge in [-0.25, -0.2) is 12.7 Å². The molecule has 2 fully saturated rings. The van der Waals surface area contributed by atoms with Crippen LogP contribution < -0.4 is 5.32 Å². The minimum absolute atomic E-state index is 0.189. The van der Waals surface area contributed by atoms with Crippen molar-refractivity contribution in [3.8, 4) is 0 Å². The van der Waals surface area contributed by atoms with E-state index < -0.39 is 10.0 Å². The summed E-state index contributed by atoms with van der Waals surface area (Å²) >= 11 is 0. The van der Waals surface area contributed by atoms with E-state index in [1.807, 2.05) is 0 Å². The summed E-state index contributed by atoms with van der Waals surface area (Å²) < 4.78 is 25.1. The molecule has 0 bridgehead atoms. The number of sulfonamides is 1. The summed E-state index contributed by atoms with van der Waals surface area (Å²) in [5, 5.41) is 3.27. The maximum atomic E-state index is 11.8. The maximum Gasteiger partial charge on any atom is 0.215 e. The largest absolute Gasteiger partial charge is 0.313 e. The van der Waals surface area contributed by atoms with Crippen LogP contribution in [0, 0.1) is 0 Å². The van der Waals surface area contributed by atoms with Crippen molar-refractivity contribution in [1.29, 1.82) is 0 Å². The molecule has 0 amide bonds. The number of rotatable bonds is 3. The van der Waals surface area contributed by atoms with E-state index in [2.05, 4.69) is 5.32 Å². The molecule has 2 rings (SSSR count). The molecule has 0 spiro atoms. The molecule has 0 aromatic carbocycles. The van der Waals surface area contributed by atoms with E-state index in [1.165, 1.54) is 6.42 Å². The normalized spacial score (nSPS) is 29.9. The Bertz CT molecular complexity index is 279. The Morgan fingerprint density at radius 2 is 2.00 bits per heavy atom. The fraction of sp³-hybridized carbons (Fsp3) is 1.00. The lowest BCUT2D eigenvalue weighted by atomic mass is 10.1. The zero-order chi connectivity index (χ0) is 10.0. The van der Waals surface area contributed by atoms with Gasteiger partial charge in [-0.2, -0.15) is 0 Å². The maximum absolute atomic E-state index is 11.8. The predicted molar refractivity (Wildman–Crippen MR) is 55.6 cm³/mol. The van der Waals surface area contributed by atoms with Crippen LogP contribution in [-0.4, -0.2) is 44.2 Å². The van der Waals surface area contributed by atoms with Gasteiger partial charge in [-0.1, -0.05) is 6.42 Å². The van der Waals surface area contributed by atoms with E-state index in [4.69, 9.17) is 0 Å². The van der Waals surface area contributed by atoms with Crippen molar-refractivity contribution in [3.63, 3.8) is 0 Å². The first-order chi connectivity index (χ1) is 6.68. The summed E-state index contributed by atoms with van der Waals surface area (Å²) in [6.45, 7) is 2.43. The van der Waals surface area contributed by atoms with Crippen molar-refractivity contribution < 1.29 is 8.42 Å². The van der Waals surface area contributed by atoms with Gasteiger partial charge in [0.15, 0.2) is 0 Å². The average Bonchev–Trinajstić information content (AvgIpc) is 2.00. The van der Waals surface area contributed by atoms with E-state index in [-0.39, 0.29) is 6.04 Å². The molecule has 1 atom stereocenters. The Kier molecular flexibility index (Phi) is 3.09. The summed E-state index contributed by atoms with van der Waals surface area (Å²) in [5.41, 5.74) is 0. The van der Waals surface area contributed by atoms with Crippen molar-refractivity contribution >= 4 is 10.0 Å². The van der Waals surface area contributed by atoms with Crippen molar-refractivity contribution in [2.45, 2.75) is 31.7 Å². The van der Waals surface area contributed by atoms with Crippen LogP contribution in [-0.2, 0) is 10.0 Å². The molecule has 5 heteroatoms. The second-order valence-electron chi connectivity index (χ2n) is 4.18. The van der Waals surface area contributed by atoms with Crippen LogP contribution in [0.15, 0.2) is 0 Å². The summed E-state index contributed by atoms with van der Waals surface area (Å²) in [7, 11) is -2.95. The molecule has 0 aromatic heterocycles. The number of hydrogen-bond donors (Lipinski definition) is 1. The van der Waals surface area contributed by atoms with Crippen molar-refractivity contribution in [3.05, 3.63) is 0 Å². The Labute approximate surface area is 85.7 Å². The lowest BCUT2D eigenvalue weighted by molar-refractivity contribution is 0.305. The summed E-state index contributed by atoms with van der Waals surface area (Å²) in [5.74, 6) is 0.299. The molecule has 2 aliphatic rings. The summed E-state index contributed by atoms with van der Waals surface area (Å²) in [4.78, 5) is 0. The van der Waals surface area contributed by atoms with Crippen LogP contribution in [0.4, 0.5) is 0 Å². The third kappa shape index (κ3) is 2.27. The minimum Gasteiger partial charge on any atom is -0.313 e. The first kappa shape index (κ1) is 10.4. The molecular formula is C9H18N2O2S. The highest BCUT2D eigenvalue weighted by molar-refractivity contribution is 7.89. The fourth-order valence-electron chi connectivity index (χ4n) is 1.99. The van der Waals surface area contributed by atoms with E-state index in [1.54, 1.807) is 4.31 Å². The molecule has 0 saturated carbocycles. The highest BCUT2D eigenvalue weighted by Crippen LogP contribution is 2.16. The monoisotopic (exact) mass is 218 g/mol. The predicted octanol–water partition coefficient (Wildman–Crippen LogP) is 0.164. The van der Waals surface area contributed by atoms with Crippen molar-refractivity contribution in [1.82, 2.24) is 9.62 Å². The van der Waals surface area contributed by atoms with Crippen molar-refractivity contribution in [2.75, 3.05) is 25.4 Å². The Morgan fingerprint density at radius 1 is 1.21 bits per heavy atom. The van der Waals surface area contributed by atoms with Gasteiger partial charge in [0.2, 0.25) is 10.0 Å². The number of nitrogens with one attached hydrogen (secondary N) is 1. The molecule has 0 aromatic rings. The fourth-order valence-corrected chi connectivity index (χ4v) is 3.81. The van der Waals surface area contributed by atoms with Crippen molar-refractivity contribution in [2.24, 2.45) is 0 Å². The zero-order valence-electron chi connectivity index (χ0n) is 8.41. The molecule has 0 radical (unpaired) electrons. The molecule has 2 saturated heterocycles. The Hall–Kier alpha value is -0.130. The van der Waals surface area contributed by atoms with Gasteiger partial charge in [0.25, 0.3) is 0 Å². The average molecular weight is 218 g/mol. The van der Waals surface area contributed by atoms with Gasteiger partial charge in [0, 0.05) is 19.1 Å². The van der Waals surface area contributed by atoms with Gasteiger partial charge in [-0.15, -0.1) is 0 Å².